The molecule has 1 fully saturated rings. The van der Waals surface area contributed by atoms with Gasteiger partial charge in [0.05, 0.1) is 6.04 Å². The van der Waals surface area contributed by atoms with Gasteiger partial charge in [0.1, 0.15) is 0 Å². The third-order valence-corrected chi connectivity index (χ3v) is 7.23. The highest BCUT2D eigenvalue weighted by molar-refractivity contribution is 7.10. The van der Waals surface area contributed by atoms with Crippen LogP contribution >= 0.6 is 11.3 Å². The highest BCUT2D eigenvalue weighted by Gasteiger charge is 2.30. The molecule has 1 atom stereocenters. The van der Waals surface area contributed by atoms with Gasteiger partial charge in [0.2, 0.25) is 5.91 Å². The van der Waals surface area contributed by atoms with E-state index in [1.54, 1.807) is 0 Å². The van der Waals surface area contributed by atoms with Crippen LogP contribution in [0.1, 0.15) is 28.8 Å². The van der Waals surface area contributed by atoms with Gasteiger partial charge in [0.15, 0.2) is 0 Å². The summed E-state index contributed by atoms with van der Waals surface area (Å²) < 4.78 is 0. The highest BCUT2D eigenvalue weighted by Crippen LogP contribution is 2.29. The smallest absolute Gasteiger partial charge is 0.241 e. The molecular formula is C25H27N3OS. The average molecular weight is 418 g/mol. The van der Waals surface area contributed by atoms with Gasteiger partial charge in [-0.15, -0.1) is 11.3 Å². The van der Waals surface area contributed by atoms with Crippen molar-refractivity contribution in [3.8, 4) is 0 Å². The maximum absolute atomic E-state index is 12.9. The number of benzene rings is 2. The first-order valence-electron chi connectivity index (χ1n) is 10.8. The van der Waals surface area contributed by atoms with Gasteiger partial charge < -0.3 is 10.2 Å². The second-order valence-corrected chi connectivity index (χ2v) is 9.19. The van der Waals surface area contributed by atoms with Crippen molar-refractivity contribution in [2.75, 3.05) is 23.3 Å². The van der Waals surface area contributed by atoms with E-state index >= 15 is 0 Å². The maximum atomic E-state index is 12.9. The van der Waals surface area contributed by atoms with Crippen LogP contribution in [0.5, 0.6) is 0 Å². The average Bonchev–Trinajstić information content (AvgIpc) is 3.44. The number of nitrogens with one attached hydrogen (secondary N) is 1. The molecule has 0 saturated carbocycles. The summed E-state index contributed by atoms with van der Waals surface area (Å²) in [5, 5.41) is 5.34. The number of fused-ring (bicyclic) bond motifs is 1. The monoisotopic (exact) mass is 417 g/mol. The molecule has 2 aliphatic rings. The first-order valence-corrected chi connectivity index (χ1v) is 11.6. The van der Waals surface area contributed by atoms with Crippen LogP contribution in [0, 0.1) is 0 Å². The first kappa shape index (κ1) is 19.3. The largest absolute Gasteiger partial charge is 0.367 e. The number of thiophene rings is 1. The molecule has 0 bridgehead atoms. The molecule has 1 saturated heterocycles. The maximum Gasteiger partial charge on any atom is 0.241 e. The lowest BCUT2D eigenvalue weighted by molar-refractivity contribution is -0.120. The van der Waals surface area contributed by atoms with E-state index in [-0.39, 0.29) is 11.9 Å². The first-order chi connectivity index (χ1) is 14.8. The lowest BCUT2D eigenvalue weighted by atomic mass is 10.1. The SMILES string of the molecule is O=C(Nc1ccc(N2CCc3sccc3C2)cc1)C1CCCN1Cc1ccccc1. The number of rotatable bonds is 5. The zero-order valence-electron chi connectivity index (χ0n) is 17.1. The van der Waals surface area contributed by atoms with Crippen molar-refractivity contribution < 1.29 is 4.79 Å². The van der Waals surface area contributed by atoms with Crippen LogP contribution in [-0.4, -0.2) is 29.9 Å². The van der Waals surface area contributed by atoms with Crippen LogP contribution in [0.4, 0.5) is 11.4 Å². The lowest BCUT2D eigenvalue weighted by Gasteiger charge is -2.29. The quantitative estimate of drug-likeness (QED) is 0.640. The van der Waals surface area contributed by atoms with E-state index in [0.717, 1.165) is 51.1 Å². The van der Waals surface area contributed by atoms with Crippen LogP contribution in [0.2, 0.25) is 0 Å². The fourth-order valence-corrected chi connectivity index (χ4v) is 5.47. The molecule has 0 radical (unpaired) electrons. The van der Waals surface area contributed by atoms with Crippen LogP contribution < -0.4 is 10.2 Å². The Bertz CT molecular complexity index is 999. The molecule has 1 aromatic heterocycles. The van der Waals surface area contributed by atoms with Crippen molar-refractivity contribution in [3.05, 3.63) is 82.0 Å². The molecule has 2 aromatic carbocycles. The van der Waals surface area contributed by atoms with E-state index in [2.05, 4.69) is 63.0 Å². The van der Waals surface area contributed by atoms with Crippen molar-refractivity contribution >= 4 is 28.6 Å². The van der Waals surface area contributed by atoms with Gasteiger partial charge in [-0.2, -0.15) is 0 Å². The summed E-state index contributed by atoms with van der Waals surface area (Å²) in [6.07, 6.45) is 3.11. The van der Waals surface area contributed by atoms with Crippen molar-refractivity contribution in [2.45, 2.75) is 38.4 Å². The van der Waals surface area contributed by atoms with E-state index in [1.165, 1.54) is 21.7 Å². The Balaban J connectivity index is 1.21. The van der Waals surface area contributed by atoms with Gasteiger partial charge in [0.25, 0.3) is 0 Å². The molecule has 5 heteroatoms. The molecule has 0 aliphatic carbocycles. The van der Waals surface area contributed by atoms with E-state index < -0.39 is 0 Å². The second kappa shape index (κ2) is 8.62. The normalized spacial score (nSPS) is 18.9. The van der Waals surface area contributed by atoms with E-state index in [9.17, 15) is 4.79 Å². The molecule has 4 nitrogen and oxygen atoms in total. The second-order valence-electron chi connectivity index (χ2n) is 8.19. The molecule has 3 aromatic rings. The summed E-state index contributed by atoms with van der Waals surface area (Å²) in [6.45, 7) is 3.83. The van der Waals surface area contributed by atoms with Crippen LogP contribution in [0.3, 0.4) is 0 Å². The Morgan fingerprint density at radius 2 is 1.87 bits per heavy atom. The number of anilines is 2. The summed E-state index contributed by atoms with van der Waals surface area (Å²) in [4.78, 5) is 19.2. The summed E-state index contributed by atoms with van der Waals surface area (Å²) in [7, 11) is 0. The van der Waals surface area contributed by atoms with Crippen LogP contribution in [0.25, 0.3) is 0 Å². The van der Waals surface area contributed by atoms with Gasteiger partial charge in [0, 0.05) is 35.9 Å². The summed E-state index contributed by atoms with van der Waals surface area (Å²) in [6, 6.07) is 20.9. The van der Waals surface area contributed by atoms with E-state index in [0.29, 0.717) is 0 Å². The van der Waals surface area contributed by atoms with Gasteiger partial charge in [-0.3, -0.25) is 9.69 Å². The Morgan fingerprint density at radius 1 is 1.03 bits per heavy atom. The van der Waals surface area contributed by atoms with Crippen molar-refractivity contribution in [2.24, 2.45) is 0 Å². The Hall–Kier alpha value is -2.63. The molecule has 30 heavy (non-hydrogen) atoms. The molecule has 5 rings (SSSR count). The molecule has 1 N–H and O–H groups in total. The molecule has 1 amide bonds. The number of nitrogens with zero attached hydrogens (tertiary/aromatic N) is 2. The number of hydrogen-bond donors (Lipinski definition) is 1. The standard InChI is InChI=1S/C25H27N3OS/c29-25(23-7-4-14-28(23)17-19-5-2-1-3-6-19)26-21-8-10-22(11-9-21)27-15-12-24-20(18-27)13-16-30-24/h1-3,5-6,8-11,13,16,23H,4,7,12,14-15,17-18H2,(H,26,29). The number of hydrogen-bond acceptors (Lipinski definition) is 4. The van der Waals surface area contributed by atoms with Crippen molar-refractivity contribution in [1.82, 2.24) is 4.90 Å². The molecule has 0 spiro atoms. The third-order valence-electron chi connectivity index (χ3n) is 6.20. The van der Waals surface area contributed by atoms with Crippen molar-refractivity contribution in [3.63, 3.8) is 0 Å². The van der Waals surface area contributed by atoms with Gasteiger partial charge in [-0.05, 0) is 72.6 Å². The zero-order valence-corrected chi connectivity index (χ0v) is 17.9. The van der Waals surface area contributed by atoms with E-state index in [1.807, 2.05) is 29.5 Å². The van der Waals surface area contributed by atoms with Gasteiger partial charge in [-0.25, -0.2) is 0 Å². The number of carbonyl (C=O) groups is 1. The minimum absolute atomic E-state index is 0.0519. The molecule has 154 valence electrons. The van der Waals surface area contributed by atoms with Gasteiger partial charge in [-0.1, -0.05) is 30.3 Å². The Kier molecular flexibility index (Phi) is 5.56. The summed E-state index contributed by atoms with van der Waals surface area (Å²) >= 11 is 1.87. The predicted molar refractivity (Wildman–Crippen MR) is 124 cm³/mol. The molecule has 1 unspecified atom stereocenters. The zero-order chi connectivity index (χ0) is 20.3. The lowest BCUT2D eigenvalue weighted by Crippen LogP contribution is -2.39. The fourth-order valence-electron chi connectivity index (χ4n) is 4.58. The minimum Gasteiger partial charge on any atom is -0.367 e. The number of carbonyl (C=O) groups excluding carboxylic acids is 1. The highest BCUT2D eigenvalue weighted by atomic mass is 32.1. The van der Waals surface area contributed by atoms with Crippen LogP contribution in [0.15, 0.2) is 66.0 Å². The predicted octanol–water partition coefficient (Wildman–Crippen LogP) is 4.91. The summed E-state index contributed by atoms with van der Waals surface area (Å²) in [5.74, 6) is 0.108. The number of likely N-dealkylation sites (tertiary alicyclic amines) is 1. The Labute approximate surface area is 182 Å². The number of amides is 1. The van der Waals surface area contributed by atoms with Crippen LogP contribution in [-0.2, 0) is 24.3 Å². The molecular weight excluding hydrogens is 390 g/mol. The fraction of sp³-hybridized carbons (Fsp3) is 0.320. The molecule has 3 heterocycles. The van der Waals surface area contributed by atoms with Crippen molar-refractivity contribution in [1.29, 1.82) is 0 Å². The van der Waals surface area contributed by atoms with Gasteiger partial charge >= 0.3 is 0 Å². The van der Waals surface area contributed by atoms with E-state index in [4.69, 9.17) is 0 Å². The third kappa shape index (κ3) is 4.13. The minimum atomic E-state index is -0.0519. The topological polar surface area (TPSA) is 35.6 Å². The summed E-state index contributed by atoms with van der Waals surface area (Å²) in [5.41, 5.74) is 4.81. The molecule has 2 aliphatic heterocycles. The Morgan fingerprint density at radius 3 is 2.70 bits per heavy atom.